The summed E-state index contributed by atoms with van der Waals surface area (Å²) in [5, 5.41) is 11.1. The van der Waals surface area contributed by atoms with Gasteiger partial charge < -0.3 is 14.9 Å². The van der Waals surface area contributed by atoms with Gasteiger partial charge >= 0.3 is 0 Å². The largest absolute Gasteiger partial charge is 0.379 e. The molecule has 8 heteroatoms. The highest BCUT2D eigenvalue weighted by atomic mass is 19.1. The van der Waals surface area contributed by atoms with E-state index in [2.05, 4.69) is 19.8 Å². The molecule has 1 aromatic heterocycles. The Kier molecular flexibility index (Phi) is 5.73. The summed E-state index contributed by atoms with van der Waals surface area (Å²) in [4.78, 5) is 27.5. The molecule has 3 heterocycles. The maximum Gasteiger partial charge on any atom is 0.256 e. The summed E-state index contributed by atoms with van der Waals surface area (Å²) in [6.45, 7) is 4.40. The molecule has 4 rings (SSSR count). The Morgan fingerprint density at radius 1 is 1.07 bits per heavy atom. The van der Waals surface area contributed by atoms with Crippen LogP contribution in [-0.4, -0.2) is 75.7 Å². The number of β-amino-alcohol motifs (C(OH)–C–C–N with tert-alkyl or cyclic N) is 1. The molecular formula is C21H26FN5O2. The fourth-order valence-corrected chi connectivity index (χ4v) is 4.13. The zero-order valence-corrected chi connectivity index (χ0v) is 16.4. The van der Waals surface area contributed by atoms with Crippen LogP contribution in [0.15, 0.2) is 42.9 Å². The van der Waals surface area contributed by atoms with Crippen LogP contribution in [0.4, 0.5) is 10.2 Å². The van der Waals surface area contributed by atoms with E-state index in [1.165, 1.54) is 12.1 Å². The van der Waals surface area contributed by atoms with Crippen LogP contribution >= 0.6 is 0 Å². The molecule has 2 aromatic rings. The number of halogens is 1. The van der Waals surface area contributed by atoms with Crippen molar-refractivity contribution >= 4 is 11.7 Å². The number of nitrogens with zero attached hydrogens (tertiary/aromatic N) is 5. The average Bonchev–Trinajstić information content (AvgIpc) is 2.74. The molecule has 2 fully saturated rings. The fourth-order valence-electron chi connectivity index (χ4n) is 4.13. The number of hydrogen-bond donors (Lipinski definition) is 1. The molecule has 2 aliphatic heterocycles. The standard InChI is InChI=1S/C21H26FN5O2/c22-18-4-2-17(3-5-18)15-27-9-1-6-21(29,20(27)28)16-25-10-12-26(13-11-25)19-14-23-7-8-24-19/h2-5,7-8,14,29H,1,6,9-13,15-16H2. The van der Waals surface area contributed by atoms with Gasteiger partial charge in [-0.2, -0.15) is 0 Å². The number of carbonyl (C=O) groups is 1. The molecule has 2 aliphatic rings. The number of piperazine rings is 1. The quantitative estimate of drug-likeness (QED) is 0.817. The first-order valence-electron chi connectivity index (χ1n) is 10.0. The Balaban J connectivity index is 1.35. The van der Waals surface area contributed by atoms with Crippen molar-refractivity contribution in [3.05, 3.63) is 54.2 Å². The first kappa shape index (κ1) is 19.7. The SMILES string of the molecule is O=C1N(Cc2ccc(F)cc2)CCCC1(O)CN1CCN(c2cnccn2)CC1. The molecule has 154 valence electrons. The summed E-state index contributed by atoms with van der Waals surface area (Å²) < 4.78 is 13.1. The number of anilines is 1. The van der Waals surface area contributed by atoms with Crippen LogP contribution in [0.25, 0.3) is 0 Å². The van der Waals surface area contributed by atoms with Gasteiger partial charge in [0.25, 0.3) is 5.91 Å². The van der Waals surface area contributed by atoms with E-state index < -0.39 is 5.60 Å². The second kappa shape index (κ2) is 8.42. The van der Waals surface area contributed by atoms with Gasteiger partial charge in [-0.15, -0.1) is 0 Å². The maximum absolute atomic E-state index is 13.1. The second-order valence-corrected chi connectivity index (χ2v) is 7.82. The Labute approximate surface area is 169 Å². The number of benzene rings is 1. The Bertz CT molecular complexity index is 827. The number of piperidine rings is 1. The smallest absolute Gasteiger partial charge is 0.256 e. The lowest BCUT2D eigenvalue weighted by Crippen LogP contribution is -2.60. The average molecular weight is 399 g/mol. The van der Waals surface area contributed by atoms with E-state index in [0.717, 1.165) is 44.0 Å². The van der Waals surface area contributed by atoms with Gasteiger partial charge in [-0.05, 0) is 30.5 Å². The predicted molar refractivity (Wildman–Crippen MR) is 107 cm³/mol. The van der Waals surface area contributed by atoms with Crippen molar-refractivity contribution in [2.75, 3.05) is 44.2 Å². The number of hydrogen-bond acceptors (Lipinski definition) is 6. The zero-order chi connectivity index (χ0) is 20.3. The Morgan fingerprint density at radius 2 is 1.83 bits per heavy atom. The van der Waals surface area contributed by atoms with E-state index in [9.17, 15) is 14.3 Å². The topological polar surface area (TPSA) is 72.8 Å². The summed E-state index contributed by atoms with van der Waals surface area (Å²) in [6, 6.07) is 6.16. The van der Waals surface area contributed by atoms with E-state index >= 15 is 0 Å². The van der Waals surface area contributed by atoms with Crippen LogP contribution in [0.5, 0.6) is 0 Å². The molecule has 0 bridgehead atoms. The molecule has 0 saturated carbocycles. The normalized spacial score (nSPS) is 23.4. The number of aliphatic hydroxyl groups is 1. The fraction of sp³-hybridized carbons (Fsp3) is 0.476. The van der Waals surface area contributed by atoms with Crippen molar-refractivity contribution in [3.63, 3.8) is 0 Å². The third kappa shape index (κ3) is 4.54. The zero-order valence-electron chi connectivity index (χ0n) is 16.4. The van der Waals surface area contributed by atoms with Crippen molar-refractivity contribution in [1.29, 1.82) is 0 Å². The number of likely N-dealkylation sites (tertiary alicyclic amines) is 1. The molecule has 7 nitrogen and oxygen atoms in total. The highest BCUT2D eigenvalue weighted by molar-refractivity contribution is 5.86. The van der Waals surface area contributed by atoms with Crippen molar-refractivity contribution < 1.29 is 14.3 Å². The molecule has 1 N–H and O–H groups in total. The van der Waals surface area contributed by atoms with Gasteiger partial charge in [-0.25, -0.2) is 9.37 Å². The van der Waals surface area contributed by atoms with Crippen molar-refractivity contribution in [1.82, 2.24) is 19.8 Å². The molecule has 29 heavy (non-hydrogen) atoms. The first-order chi connectivity index (χ1) is 14.0. The summed E-state index contributed by atoms with van der Waals surface area (Å²) >= 11 is 0. The number of amides is 1. The summed E-state index contributed by atoms with van der Waals surface area (Å²) in [6.07, 6.45) is 6.31. The van der Waals surface area contributed by atoms with Crippen LogP contribution in [0, 0.1) is 5.82 Å². The van der Waals surface area contributed by atoms with Crippen LogP contribution in [0.1, 0.15) is 18.4 Å². The summed E-state index contributed by atoms with van der Waals surface area (Å²) in [5.74, 6) is 0.324. The lowest BCUT2D eigenvalue weighted by atomic mass is 9.90. The minimum Gasteiger partial charge on any atom is -0.379 e. The molecule has 1 unspecified atom stereocenters. The molecule has 1 aromatic carbocycles. The summed E-state index contributed by atoms with van der Waals surface area (Å²) in [5.41, 5.74) is -0.505. The third-order valence-electron chi connectivity index (χ3n) is 5.72. The summed E-state index contributed by atoms with van der Waals surface area (Å²) in [7, 11) is 0. The molecular weight excluding hydrogens is 373 g/mol. The van der Waals surface area contributed by atoms with Crippen LogP contribution in [0.3, 0.4) is 0 Å². The lowest BCUT2D eigenvalue weighted by Gasteiger charge is -2.43. The van der Waals surface area contributed by atoms with E-state index in [4.69, 9.17) is 0 Å². The lowest BCUT2D eigenvalue weighted by molar-refractivity contribution is -0.160. The van der Waals surface area contributed by atoms with E-state index in [-0.39, 0.29) is 11.7 Å². The molecule has 1 amide bonds. The van der Waals surface area contributed by atoms with E-state index in [0.29, 0.717) is 26.1 Å². The molecule has 0 aliphatic carbocycles. The second-order valence-electron chi connectivity index (χ2n) is 7.82. The van der Waals surface area contributed by atoms with Gasteiger partial charge in [-0.1, -0.05) is 12.1 Å². The van der Waals surface area contributed by atoms with Crippen LogP contribution in [0.2, 0.25) is 0 Å². The third-order valence-corrected chi connectivity index (χ3v) is 5.72. The molecule has 0 spiro atoms. The monoisotopic (exact) mass is 399 g/mol. The van der Waals surface area contributed by atoms with E-state index in [1.807, 2.05) is 0 Å². The highest BCUT2D eigenvalue weighted by Gasteiger charge is 2.43. The van der Waals surface area contributed by atoms with Crippen LogP contribution < -0.4 is 4.90 Å². The van der Waals surface area contributed by atoms with Crippen molar-refractivity contribution in [2.24, 2.45) is 0 Å². The first-order valence-corrected chi connectivity index (χ1v) is 10.0. The molecule has 0 radical (unpaired) electrons. The minimum atomic E-state index is -1.37. The van der Waals surface area contributed by atoms with Gasteiger partial charge in [0.05, 0.1) is 6.20 Å². The number of carbonyl (C=O) groups excluding carboxylic acids is 1. The maximum atomic E-state index is 13.1. The highest BCUT2D eigenvalue weighted by Crippen LogP contribution is 2.26. The van der Waals surface area contributed by atoms with Gasteiger partial charge in [0.1, 0.15) is 11.6 Å². The predicted octanol–water partition coefficient (Wildman–Crippen LogP) is 1.29. The number of rotatable bonds is 5. The van der Waals surface area contributed by atoms with Crippen LogP contribution in [-0.2, 0) is 11.3 Å². The molecule has 2 saturated heterocycles. The van der Waals surface area contributed by atoms with Gasteiger partial charge in [0.15, 0.2) is 5.60 Å². The van der Waals surface area contributed by atoms with Crippen molar-refractivity contribution in [2.45, 2.75) is 25.0 Å². The van der Waals surface area contributed by atoms with Gasteiger partial charge in [-0.3, -0.25) is 14.7 Å². The Hall–Kier alpha value is -2.58. The molecule has 1 atom stereocenters. The Morgan fingerprint density at radius 3 is 2.52 bits per heavy atom. The number of aromatic nitrogens is 2. The minimum absolute atomic E-state index is 0.232. The van der Waals surface area contributed by atoms with Gasteiger partial charge in [0.2, 0.25) is 0 Å². The van der Waals surface area contributed by atoms with Gasteiger partial charge in [0, 0.05) is 58.2 Å². The van der Waals surface area contributed by atoms with E-state index in [1.54, 1.807) is 35.6 Å². The van der Waals surface area contributed by atoms with Crippen molar-refractivity contribution in [3.8, 4) is 0 Å².